The highest BCUT2D eigenvalue weighted by atomic mass is 16.6. The molecule has 0 radical (unpaired) electrons. The summed E-state index contributed by atoms with van der Waals surface area (Å²) in [4.78, 5) is 72.4. The number of aromatic amines is 2. The SMILES string of the molecule is CCCN(Cc1nc2c(ccc3cc(C4C=c5ccc6[nH]c(CN(C(=O)CNC(=O)OC)C(C)C(C)C)nc6c5=CC4)ccc32)[nH]1)C(=O)[C@H](NC(=O)OC(C)(C)C)c1ccccc1. The maximum absolute atomic E-state index is 14.2. The van der Waals surface area contributed by atoms with Crippen molar-refractivity contribution in [3.8, 4) is 0 Å². The Morgan fingerprint density at radius 2 is 1.57 bits per heavy atom. The molecule has 1 aliphatic rings. The van der Waals surface area contributed by atoms with Gasteiger partial charge in [0.25, 0.3) is 0 Å². The summed E-state index contributed by atoms with van der Waals surface area (Å²) < 4.78 is 10.2. The summed E-state index contributed by atoms with van der Waals surface area (Å²) in [5.74, 6) is 1.19. The van der Waals surface area contributed by atoms with Crippen LogP contribution in [0.4, 0.5) is 9.59 Å². The second kappa shape index (κ2) is 18.7. The van der Waals surface area contributed by atoms with E-state index >= 15 is 0 Å². The second-order valence-corrected chi connectivity index (χ2v) is 17.6. The summed E-state index contributed by atoms with van der Waals surface area (Å²) in [5.41, 5.74) is 4.59. The van der Waals surface area contributed by atoms with Gasteiger partial charge in [-0.05, 0) is 80.3 Å². The first-order valence-electron chi connectivity index (χ1n) is 21.7. The van der Waals surface area contributed by atoms with E-state index < -0.39 is 23.8 Å². The zero-order valence-corrected chi connectivity index (χ0v) is 37.4. The van der Waals surface area contributed by atoms with Crippen LogP contribution < -0.4 is 21.1 Å². The van der Waals surface area contributed by atoms with Crippen molar-refractivity contribution < 1.29 is 28.7 Å². The Kier molecular flexibility index (Phi) is 13.2. The van der Waals surface area contributed by atoms with Gasteiger partial charge >= 0.3 is 12.2 Å². The predicted octanol–water partition coefficient (Wildman–Crippen LogP) is 7.07. The number of fused-ring (bicyclic) bond motifs is 6. The number of aromatic nitrogens is 4. The molecule has 0 bridgehead atoms. The minimum absolute atomic E-state index is 0.0887. The van der Waals surface area contributed by atoms with Crippen molar-refractivity contribution >= 4 is 69.0 Å². The lowest BCUT2D eigenvalue weighted by Crippen LogP contribution is -2.46. The van der Waals surface area contributed by atoms with Gasteiger partial charge in [0.15, 0.2) is 0 Å². The van der Waals surface area contributed by atoms with Gasteiger partial charge in [0, 0.05) is 29.1 Å². The maximum Gasteiger partial charge on any atom is 0.408 e. The third-order valence-electron chi connectivity index (χ3n) is 11.6. The smallest absolute Gasteiger partial charge is 0.408 e. The average molecular weight is 855 g/mol. The fourth-order valence-electron chi connectivity index (χ4n) is 8.10. The van der Waals surface area contributed by atoms with E-state index in [-0.39, 0.29) is 49.3 Å². The van der Waals surface area contributed by atoms with Gasteiger partial charge in [-0.15, -0.1) is 0 Å². The van der Waals surface area contributed by atoms with Crippen molar-refractivity contribution in [2.45, 2.75) is 98.0 Å². The van der Waals surface area contributed by atoms with Gasteiger partial charge in [0.1, 0.15) is 29.8 Å². The minimum atomic E-state index is -0.935. The number of methoxy groups -OCH3 is 1. The molecule has 14 heteroatoms. The summed E-state index contributed by atoms with van der Waals surface area (Å²) >= 11 is 0. The molecule has 7 rings (SSSR count). The molecule has 6 aromatic rings. The van der Waals surface area contributed by atoms with E-state index in [1.54, 1.807) is 30.6 Å². The normalized spacial score (nSPS) is 14.7. The lowest BCUT2D eigenvalue weighted by atomic mass is 9.89. The predicted molar refractivity (Wildman–Crippen MR) is 245 cm³/mol. The van der Waals surface area contributed by atoms with Crippen LogP contribution in [0.2, 0.25) is 0 Å². The van der Waals surface area contributed by atoms with Crippen LogP contribution in [0.15, 0.2) is 72.8 Å². The van der Waals surface area contributed by atoms with Crippen molar-refractivity contribution in [1.82, 2.24) is 40.4 Å². The standard InChI is InChI=1S/C49H58N8O6/c1-9-23-56(46(59)43(31-13-11-10-12-14-31)55-48(61)63-49(5,6)7)27-40-51-38-21-17-34-24-32(15-19-36(34)44(38)53-40)33-16-20-37-35(25-33)18-22-39-45(37)54-41(52-39)28-57(30(4)29(2)3)42(58)26-50-47(60)62-8/h10-15,17-22,24-25,29-30,33,43H,9,16,23,26-28H2,1-8H3,(H,50,60)(H,51,53)(H,52,54)(H,55,61)/t30?,33?,43-/m1/s1. The molecule has 2 heterocycles. The zero-order chi connectivity index (χ0) is 45.0. The average Bonchev–Trinajstić information content (AvgIpc) is 3.89. The van der Waals surface area contributed by atoms with Gasteiger partial charge in [-0.3, -0.25) is 9.59 Å². The van der Waals surface area contributed by atoms with Crippen molar-refractivity contribution in [3.05, 3.63) is 106 Å². The number of nitrogens with zero attached hydrogens (tertiary/aromatic N) is 4. The minimum Gasteiger partial charge on any atom is -0.453 e. The largest absolute Gasteiger partial charge is 0.453 e. The maximum atomic E-state index is 14.2. The van der Waals surface area contributed by atoms with Gasteiger partial charge in [-0.1, -0.05) is 93.6 Å². The molecule has 0 saturated heterocycles. The lowest BCUT2D eigenvalue weighted by molar-refractivity contribution is -0.135. The molecular formula is C49H58N8O6. The van der Waals surface area contributed by atoms with Gasteiger partial charge in [0.05, 0.1) is 42.3 Å². The Morgan fingerprint density at radius 1 is 0.873 bits per heavy atom. The van der Waals surface area contributed by atoms with E-state index in [1.807, 2.05) is 56.3 Å². The number of H-pyrrole nitrogens is 2. The number of carbonyl (C=O) groups is 4. The molecule has 2 unspecified atom stereocenters. The van der Waals surface area contributed by atoms with E-state index in [0.29, 0.717) is 23.8 Å². The van der Waals surface area contributed by atoms with Gasteiger partial charge < -0.3 is 39.9 Å². The molecule has 0 fully saturated rings. The van der Waals surface area contributed by atoms with Crippen molar-refractivity contribution in [2.75, 3.05) is 20.2 Å². The number of ether oxygens (including phenoxy) is 2. The monoisotopic (exact) mass is 854 g/mol. The molecule has 330 valence electrons. The van der Waals surface area contributed by atoms with E-state index in [4.69, 9.17) is 14.7 Å². The zero-order valence-electron chi connectivity index (χ0n) is 37.4. The highest BCUT2D eigenvalue weighted by Gasteiger charge is 2.30. The molecule has 3 atom stereocenters. The van der Waals surface area contributed by atoms with Gasteiger partial charge in [-0.2, -0.15) is 0 Å². The van der Waals surface area contributed by atoms with Crippen molar-refractivity contribution in [1.29, 1.82) is 0 Å². The summed E-state index contributed by atoms with van der Waals surface area (Å²) in [6.45, 7) is 14.3. The molecule has 2 aromatic heterocycles. The van der Waals surface area contributed by atoms with E-state index in [0.717, 1.165) is 56.1 Å². The first-order valence-corrected chi connectivity index (χ1v) is 21.7. The summed E-state index contributed by atoms with van der Waals surface area (Å²) in [6, 6.07) is 23.0. The van der Waals surface area contributed by atoms with Crippen molar-refractivity contribution in [2.24, 2.45) is 5.92 Å². The Bertz CT molecular complexity index is 2770. The molecule has 1 aliphatic carbocycles. The number of hydrogen-bond donors (Lipinski definition) is 4. The van der Waals surface area contributed by atoms with Crippen LogP contribution in [-0.4, -0.2) is 85.6 Å². The number of imidazole rings is 2. The highest BCUT2D eigenvalue weighted by molar-refractivity contribution is 6.04. The number of nitrogens with one attached hydrogen (secondary N) is 4. The summed E-state index contributed by atoms with van der Waals surface area (Å²) in [6.07, 6.45) is 4.74. The third kappa shape index (κ3) is 10.2. The Balaban J connectivity index is 1.11. The molecule has 63 heavy (non-hydrogen) atoms. The lowest BCUT2D eigenvalue weighted by Gasteiger charge is -2.31. The number of hydrogen-bond acceptors (Lipinski definition) is 8. The molecule has 0 spiro atoms. The summed E-state index contributed by atoms with van der Waals surface area (Å²) in [5, 5.41) is 9.55. The van der Waals surface area contributed by atoms with Gasteiger partial charge in [0.2, 0.25) is 11.8 Å². The van der Waals surface area contributed by atoms with Crippen LogP contribution in [-0.2, 0) is 32.2 Å². The summed E-state index contributed by atoms with van der Waals surface area (Å²) in [7, 11) is 1.27. The molecule has 4 N–H and O–H groups in total. The fourth-order valence-corrected chi connectivity index (χ4v) is 8.10. The van der Waals surface area contributed by atoms with Crippen LogP contribution >= 0.6 is 0 Å². The number of benzene rings is 4. The molecule has 14 nitrogen and oxygen atoms in total. The third-order valence-corrected chi connectivity index (χ3v) is 11.6. The number of rotatable bonds is 14. The molecular weight excluding hydrogens is 797 g/mol. The van der Waals surface area contributed by atoms with E-state index in [1.165, 1.54) is 12.7 Å². The quantitative estimate of drug-likeness (QED) is 0.0900. The Hall–Kier alpha value is -6.70. The van der Waals surface area contributed by atoms with Crippen LogP contribution in [0.5, 0.6) is 0 Å². The van der Waals surface area contributed by atoms with Crippen LogP contribution in [0.25, 0.3) is 45.0 Å². The molecule has 4 amide bonds. The van der Waals surface area contributed by atoms with Gasteiger partial charge in [-0.25, -0.2) is 19.6 Å². The number of alkyl carbamates (subject to hydrolysis) is 2. The number of carbonyl (C=O) groups excluding carboxylic acids is 4. The molecule has 0 aliphatic heterocycles. The highest BCUT2D eigenvalue weighted by Crippen LogP contribution is 2.31. The Morgan fingerprint density at radius 3 is 2.27 bits per heavy atom. The van der Waals surface area contributed by atoms with Crippen LogP contribution in [0.3, 0.4) is 0 Å². The van der Waals surface area contributed by atoms with E-state index in [2.05, 4.69) is 81.7 Å². The second-order valence-electron chi connectivity index (χ2n) is 17.6. The molecule has 0 saturated carbocycles. The van der Waals surface area contributed by atoms with Crippen molar-refractivity contribution in [3.63, 3.8) is 0 Å². The Labute approximate surface area is 367 Å². The number of amides is 4. The first-order chi connectivity index (χ1) is 30.1. The molecule has 4 aromatic carbocycles. The van der Waals surface area contributed by atoms with Crippen LogP contribution in [0, 0.1) is 5.92 Å². The van der Waals surface area contributed by atoms with E-state index in [9.17, 15) is 19.2 Å². The fraction of sp³-hybridized carbons (Fsp3) is 0.388. The first kappa shape index (κ1) is 44.4. The van der Waals surface area contributed by atoms with Crippen LogP contribution in [0.1, 0.15) is 96.0 Å². The topological polar surface area (TPSA) is 175 Å².